The highest BCUT2D eigenvalue weighted by molar-refractivity contribution is 7.23. The summed E-state index contributed by atoms with van der Waals surface area (Å²) in [5.41, 5.74) is 4.69. The van der Waals surface area contributed by atoms with Gasteiger partial charge in [0.1, 0.15) is 46.8 Å². The number of nitrogens with zero attached hydrogens (tertiary/aromatic N) is 7. The second kappa shape index (κ2) is 13.4. The molecule has 4 fully saturated rings. The van der Waals surface area contributed by atoms with Gasteiger partial charge in [0.2, 0.25) is 0 Å². The number of benzene rings is 3. The average molecular weight is 805 g/mol. The van der Waals surface area contributed by atoms with Crippen LogP contribution in [0.2, 0.25) is 5.02 Å². The minimum absolute atomic E-state index is 0.00471. The second-order valence-corrected chi connectivity index (χ2v) is 16.3. The molecule has 56 heavy (non-hydrogen) atoms. The normalized spacial score (nSPS) is 23.2. The van der Waals surface area contributed by atoms with Gasteiger partial charge in [0.15, 0.2) is 5.82 Å². The third kappa shape index (κ3) is 5.72. The molecule has 3 atom stereocenters. The number of thiophene rings is 1. The number of nitrogen functional groups attached to an aromatic ring is 1. The molecule has 1 spiro atoms. The van der Waals surface area contributed by atoms with E-state index < -0.39 is 39.9 Å². The third-order valence-corrected chi connectivity index (χ3v) is 13.1. The number of halogens is 4. The van der Waals surface area contributed by atoms with E-state index in [1.54, 1.807) is 4.90 Å². The first-order chi connectivity index (χ1) is 26.9. The van der Waals surface area contributed by atoms with Crippen molar-refractivity contribution in [1.82, 2.24) is 19.8 Å². The summed E-state index contributed by atoms with van der Waals surface area (Å²) in [6.45, 7) is 2.27. The zero-order chi connectivity index (χ0) is 39.1. The summed E-state index contributed by atoms with van der Waals surface area (Å²) in [5.74, 6) is -0.998. The monoisotopic (exact) mass is 804 g/mol. The first-order valence-electron chi connectivity index (χ1n) is 18.0. The molecule has 3 aromatic carbocycles. The van der Waals surface area contributed by atoms with Crippen LogP contribution in [0.1, 0.15) is 37.7 Å². The van der Waals surface area contributed by atoms with Crippen LogP contribution < -0.4 is 20.1 Å². The molecule has 13 nitrogen and oxygen atoms in total. The Morgan fingerprint density at radius 2 is 1.93 bits per heavy atom. The molecule has 6 heterocycles. The Balaban J connectivity index is 1.10. The molecule has 18 heteroatoms. The lowest BCUT2D eigenvalue weighted by Crippen LogP contribution is -2.64. The lowest BCUT2D eigenvalue weighted by molar-refractivity contribution is -0.384. The number of nitro groups is 1. The van der Waals surface area contributed by atoms with Crippen molar-refractivity contribution in [3.8, 4) is 29.0 Å². The maximum absolute atomic E-state index is 17.2. The number of alkyl halides is 1. The van der Waals surface area contributed by atoms with Gasteiger partial charge in [-0.3, -0.25) is 15.0 Å². The maximum Gasteiger partial charge on any atom is 0.415 e. The highest BCUT2D eigenvalue weighted by Crippen LogP contribution is 2.48. The number of non-ortho nitro benzene ring substituents is 1. The topological polar surface area (TPSA) is 164 Å². The number of hydrogen-bond acceptors (Lipinski definition) is 12. The highest BCUT2D eigenvalue weighted by atomic mass is 35.5. The molecule has 9 rings (SSSR count). The van der Waals surface area contributed by atoms with E-state index in [-0.39, 0.29) is 71.8 Å². The number of nitriles is 1. The average Bonchev–Trinajstić information content (AvgIpc) is 3.93. The zero-order valence-electron chi connectivity index (χ0n) is 29.6. The van der Waals surface area contributed by atoms with Crippen molar-refractivity contribution in [2.75, 3.05) is 50.0 Å². The lowest BCUT2D eigenvalue weighted by atomic mass is 9.84. The number of aromatic nitrogens is 2. The molecule has 2 N–H and O–H groups in total. The predicted octanol–water partition coefficient (Wildman–Crippen LogP) is 7.61. The van der Waals surface area contributed by atoms with Crippen molar-refractivity contribution in [1.29, 1.82) is 5.26 Å². The van der Waals surface area contributed by atoms with E-state index >= 15 is 4.39 Å². The molecule has 5 aromatic rings. The van der Waals surface area contributed by atoms with Gasteiger partial charge < -0.3 is 25.0 Å². The van der Waals surface area contributed by atoms with E-state index in [0.717, 1.165) is 30.7 Å². The second-order valence-electron chi connectivity index (χ2n) is 14.8. The quantitative estimate of drug-likeness (QED) is 0.127. The molecule has 1 amide bonds. The first kappa shape index (κ1) is 36.2. The molecule has 4 aliphatic heterocycles. The smallest absolute Gasteiger partial charge is 0.415 e. The van der Waals surface area contributed by atoms with Crippen molar-refractivity contribution in [2.45, 2.75) is 49.4 Å². The van der Waals surface area contributed by atoms with Gasteiger partial charge in [0.05, 0.1) is 31.3 Å². The number of likely N-dealkylation sites (tertiary alicyclic amines) is 1. The van der Waals surface area contributed by atoms with Crippen molar-refractivity contribution < 1.29 is 32.4 Å². The summed E-state index contributed by atoms with van der Waals surface area (Å²) in [7, 11) is 0. The van der Waals surface area contributed by atoms with Crippen LogP contribution in [-0.2, 0) is 0 Å². The third-order valence-electron chi connectivity index (χ3n) is 11.8. The van der Waals surface area contributed by atoms with Crippen LogP contribution >= 0.6 is 22.9 Å². The van der Waals surface area contributed by atoms with Crippen molar-refractivity contribution in [3.05, 3.63) is 74.8 Å². The van der Waals surface area contributed by atoms with Gasteiger partial charge in [-0.2, -0.15) is 15.2 Å². The minimum Gasteiger partial charge on any atom is -0.461 e. The van der Waals surface area contributed by atoms with Crippen LogP contribution in [0.15, 0.2) is 42.5 Å². The number of hydrogen-bond donors (Lipinski definition) is 1. The molecule has 0 bridgehead atoms. The van der Waals surface area contributed by atoms with Gasteiger partial charge >= 0.3 is 12.1 Å². The molecule has 1 unspecified atom stereocenters. The van der Waals surface area contributed by atoms with E-state index in [0.29, 0.717) is 51.3 Å². The Morgan fingerprint density at radius 3 is 2.66 bits per heavy atom. The van der Waals surface area contributed by atoms with Crippen molar-refractivity contribution in [2.24, 2.45) is 0 Å². The Bertz CT molecular complexity index is 2520. The van der Waals surface area contributed by atoms with Crippen LogP contribution in [0.5, 0.6) is 11.8 Å². The number of fused-ring (bicyclic) bond motifs is 3. The Hall–Kier alpha value is -5.44. The van der Waals surface area contributed by atoms with Crippen LogP contribution in [0.4, 0.5) is 34.5 Å². The molecule has 0 aliphatic carbocycles. The zero-order valence-corrected chi connectivity index (χ0v) is 31.1. The molecule has 2 aromatic heterocycles. The molecule has 288 valence electrons. The van der Waals surface area contributed by atoms with E-state index in [1.165, 1.54) is 42.5 Å². The Morgan fingerprint density at radius 1 is 1.14 bits per heavy atom. The van der Waals surface area contributed by atoms with Gasteiger partial charge in [-0.25, -0.2) is 18.0 Å². The van der Waals surface area contributed by atoms with Crippen LogP contribution in [0.25, 0.3) is 32.1 Å². The lowest BCUT2D eigenvalue weighted by Gasteiger charge is -2.49. The minimum atomic E-state index is -0.996. The molecule has 4 saturated heterocycles. The standard InChI is InChI=1S/C38H32ClF3N8O5S/c39-26-14-24-31(30(42)29(26)23-6-7-27(41)32-28(23)25(16-43)33(44)56-32)45-35(54-19-38-8-1-11-48(38)17-20(40)15-38)46-34(24)47-12-9-37(18-47)10-13-49(37)36(51)55-22-4-2-21(3-5-22)50(52)53/h2-7,14,20H,1,8-13,15,17-19,44H2/t20-,37?,38+/m1/s1. The van der Waals surface area contributed by atoms with E-state index in [2.05, 4.69) is 9.88 Å². The van der Waals surface area contributed by atoms with E-state index in [1.807, 2.05) is 11.0 Å². The number of anilines is 2. The fourth-order valence-electron chi connectivity index (χ4n) is 8.95. The SMILES string of the molecule is N#Cc1c(N)sc2c(F)ccc(-c3c(Cl)cc4c(N5CCC6(CCN6C(=O)Oc6ccc([N+](=O)[O-])cc6)C5)nc(OC[C@@]56CCCN5C[C@H](F)C6)nc4c3F)c12. The summed E-state index contributed by atoms with van der Waals surface area (Å²) >= 11 is 7.77. The Labute approximate surface area is 326 Å². The van der Waals surface area contributed by atoms with Gasteiger partial charge in [0.25, 0.3) is 5.69 Å². The molecule has 0 radical (unpaired) electrons. The Kier molecular flexibility index (Phi) is 8.63. The van der Waals surface area contributed by atoms with Crippen LogP contribution in [0, 0.1) is 33.1 Å². The summed E-state index contributed by atoms with van der Waals surface area (Å²) in [5, 5.41) is 21.4. The highest BCUT2D eigenvalue weighted by Gasteiger charge is 2.53. The number of ether oxygens (including phenoxy) is 2. The van der Waals surface area contributed by atoms with Crippen LogP contribution in [0.3, 0.4) is 0 Å². The summed E-state index contributed by atoms with van der Waals surface area (Å²) in [6, 6.07) is 11.2. The summed E-state index contributed by atoms with van der Waals surface area (Å²) in [6.07, 6.45) is 1.49. The molecular weight excluding hydrogens is 773 g/mol. The van der Waals surface area contributed by atoms with Crippen molar-refractivity contribution in [3.63, 3.8) is 0 Å². The number of carbonyl (C=O) groups excluding carboxylic acids is 1. The number of carbonyl (C=O) groups is 1. The summed E-state index contributed by atoms with van der Waals surface area (Å²) < 4.78 is 58.8. The fraction of sp³-hybridized carbons (Fsp3) is 0.368. The van der Waals surface area contributed by atoms with E-state index in [4.69, 9.17) is 31.8 Å². The number of nitrogens with two attached hydrogens (primary N) is 1. The largest absolute Gasteiger partial charge is 0.461 e. The van der Waals surface area contributed by atoms with Gasteiger partial charge in [-0.15, -0.1) is 11.3 Å². The molecule has 4 aliphatic rings. The summed E-state index contributed by atoms with van der Waals surface area (Å²) in [4.78, 5) is 38.9. The maximum atomic E-state index is 17.2. The number of nitro benzene ring substituents is 1. The number of amides is 1. The van der Waals surface area contributed by atoms with Crippen LogP contribution in [-0.4, -0.2) is 87.4 Å². The van der Waals surface area contributed by atoms with E-state index in [9.17, 15) is 29.0 Å². The first-order valence-corrected chi connectivity index (χ1v) is 19.2. The van der Waals surface area contributed by atoms with Gasteiger partial charge in [-0.1, -0.05) is 17.7 Å². The molecular formula is C38H32ClF3N8O5S. The predicted molar refractivity (Wildman–Crippen MR) is 203 cm³/mol. The molecule has 0 saturated carbocycles. The van der Waals surface area contributed by atoms with Crippen molar-refractivity contribution >= 4 is 66.5 Å². The van der Waals surface area contributed by atoms with Gasteiger partial charge in [0, 0.05) is 61.1 Å². The fourth-order valence-corrected chi connectivity index (χ4v) is 10.2. The number of rotatable bonds is 7. The van der Waals surface area contributed by atoms with Gasteiger partial charge in [-0.05, 0) is 62.1 Å².